The number of fused-ring (bicyclic) bond motifs is 1. The number of nitrogens with zero attached hydrogens (tertiary/aromatic N) is 1. The predicted octanol–water partition coefficient (Wildman–Crippen LogP) is 1.76. The lowest BCUT2D eigenvalue weighted by Crippen LogP contribution is -2.23. The van der Waals surface area contributed by atoms with E-state index in [1.54, 1.807) is 6.20 Å². The number of aliphatic hydroxyl groups is 2. The van der Waals surface area contributed by atoms with Gasteiger partial charge in [0.2, 0.25) is 0 Å². The van der Waals surface area contributed by atoms with E-state index in [2.05, 4.69) is 26.2 Å². The zero-order chi connectivity index (χ0) is 12.3. The van der Waals surface area contributed by atoms with Crippen LogP contribution in [0.1, 0.15) is 0 Å². The third-order valence-corrected chi connectivity index (χ3v) is 2.94. The van der Waals surface area contributed by atoms with Crippen LogP contribution in [0.15, 0.2) is 34.9 Å². The van der Waals surface area contributed by atoms with Gasteiger partial charge in [0, 0.05) is 28.3 Å². The van der Waals surface area contributed by atoms with Gasteiger partial charge < -0.3 is 15.5 Å². The van der Waals surface area contributed by atoms with E-state index in [1.165, 1.54) is 0 Å². The van der Waals surface area contributed by atoms with Crippen molar-refractivity contribution in [3.05, 3.63) is 34.9 Å². The summed E-state index contributed by atoms with van der Waals surface area (Å²) < 4.78 is 0.977. The van der Waals surface area contributed by atoms with Crippen LogP contribution in [0.2, 0.25) is 0 Å². The minimum Gasteiger partial charge on any atom is -0.394 e. The first-order chi connectivity index (χ1) is 8.20. The van der Waals surface area contributed by atoms with Gasteiger partial charge in [0.15, 0.2) is 0 Å². The van der Waals surface area contributed by atoms with Gasteiger partial charge in [-0.25, -0.2) is 0 Å². The molecule has 0 bridgehead atoms. The second-order valence-electron chi connectivity index (χ2n) is 3.74. The highest BCUT2D eigenvalue weighted by Gasteiger charge is 2.05. The highest BCUT2D eigenvalue weighted by Crippen LogP contribution is 2.24. The first-order valence-corrected chi connectivity index (χ1v) is 6.07. The molecule has 3 N–H and O–H groups in total. The van der Waals surface area contributed by atoms with Crippen LogP contribution in [0.3, 0.4) is 0 Å². The molecule has 90 valence electrons. The van der Waals surface area contributed by atoms with Crippen LogP contribution in [0.5, 0.6) is 0 Å². The fraction of sp³-hybridized carbons (Fsp3) is 0.250. The van der Waals surface area contributed by atoms with Gasteiger partial charge in [-0.1, -0.05) is 15.9 Å². The van der Waals surface area contributed by atoms with Crippen LogP contribution < -0.4 is 5.32 Å². The molecule has 17 heavy (non-hydrogen) atoms. The molecule has 1 aromatic heterocycles. The minimum atomic E-state index is -0.756. The van der Waals surface area contributed by atoms with Crippen molar-refractivity contribution in [1.29, 1.82) is 0 Å². The van der Waals surface area contributed by atoms with Crippen LogP contribution >= 0.6 is 15.9 Å². The molecule has 4 nitrogen and oxygen atoms in total. The molecule has 0 aliphatic rings. The molecule has 1 heterocycles. The maximum absolute atomic E-state index is 9.30. The van der Waals surface area contributed by atoms with Gasteiger partial charge in [-0.2, -0.15) is 0 Å². The Morgan fingerprint density at radius 1 is 1.35 bits per heavy atom. The summed E-state index contributed by atoms with van der Waals surface area (Å²) >= 11 is 3.40. The van der Waals surface area contributed by atoms with Gasteiger partial charge in [-0.15, -0.1) is 0 Å². The van der Waals surface area contributed by atoms with Gasteiger partial charge in [0.05, 0.1) is 18.2 Å². The lowest BCUT2D eigenvalue weighted by atomic mass is 10.2. The monoisotopic (exact) mass is 296 g/mol. The van der Waals surface area contributed by atoms with E-state index in [4.69, 9.17) is 5.11 Å². The van der Waals surface area contributed by atoms with Crippen molar-refractivity contribution in [3.8, 4) is 0 Å². The van der Waals surface area contributed by atoms with Gasteiger partial charge in [-0.3, -0.25) is 4.98 Å². The molecule has 0 spiro atoms. The number of anilines is 1. The fourth-order valence-corrected chi connectivity index (χ4v) is 1.92. The van der Waals surface area contributed by atoms with Crippen molar-refractivity contribution < 1.29 is 10.2 Å². The SMILES string of the molecule is OC[C@H](O)CNc1ccnc2cc(Br)ccc12. The second-order valence-corrected chi connectivity index (χ2v) is 4.65. The molecule has 5 heteroatoms. The second kappa shape index (κ2) is 5.44. The maximum Gasteiger partial charge on any atom is 0.0942 e. The molecule has 1 aromatic carbocycles. The standard InChI is InChI=1S/C12H13BrN2O2/c13-8-1-2-10-11(15-6-9(17)7-16)3-4-14-12(10)5-8/h1-5,9,16-17H,6-7H2,(H,14,15)/t9-/m1/s1. The fourth-order valence-electron chi connectivity index (χ4n) is 1.57. The summed E-state index contributed by atoms with van der Waals surface area (Å²) in [4.78, 5) is 4.27. The van der Waals surface area contributed by atoms with E-state index in [9.17, 15) is 5.11 Å². The molecule has 1 atom stereocenters. The van der Waals surface area contributed by atoms with Crippen LogP contribution in [-0.2, 0) is 0 Å². The highest BCUT2D eigenvalue weighted by molar-refractivity contribution is 9.10. The molecule has 0 aliphatic carbocycles. The van der Waals surface area contributed by atoms with Gasteiger partial charge in [-0.05, 0) is 24.3 Å². The first-order valence-electron chi connectivity index (χ1n) is 5.28. The van der Waals surface area contributed by atoms with Crippen molar-refractivity contribution in [2.24, 2.45) is 0 Å². The normalized spacial score (nSPS) is 12.6. The largest absolute Gasteiger partial charge is 0.394 e. The number of pyridine rings is 1. The van der Waals surface area contributed by atoms with Crippen molar-refractivity contribution in [2.45, 2.75) is 6.10 Å². The third-order valence-electron chi connectivity index (χ3n) is 2.44. The number of aliphatic hydroxyl groups excluding tert-OH is 2. The summed E-state index contributed by atoms with van der Waals surface area (Å²) in [6.07, 6.45) is 0.955. The Bertz CT molecular complexity index is 519. The van der Waals surface area contributed by atoms with Crippen molar-refractivity contribution in [1.82, 2.24) is 4.98 Å². The Hall–Kier alpha value is -1.17. The van der Waals surface area contributed by atoms with Crippen molar-refractivity contribution in [2.75, 3.05) is 18.5 Å². The lowest BCUT2D eigenvalue weighted by Gasteiger charge is -2.12. The Morgan fingerprint density at radius 2 is 2.18 bits per heavy atom. The molecule has 0 radical (unpaired) electrons. The minimum absolute atomic E-state index is 0.248. The molecule has 0 saturated carbocycles. The zero-order valence-corrected chi connectivity index (χ0v) is 10.7. The van der Waals surface area contributed by atoms with Gasteiger partial charge >= 0.3 is 0 Å². The molecular formula is C12H13BrN2O2. The Balaban J connectivity index is 2.28. The number of aromatic nitrogens is 1. The molecule has 0 aliphatic heterocycles. The Labute approximate surface area is 107 Å². The molecule has 0 unspecified atom stereocenters. The summed E-state index contributed by atoms with van der Waals surface area (Å²) in [6, 6.07) is 7.68. The molecule has 2 aromatic rings. The summed E-state index contributed by atoms with van der Waals surface area (Å²) in [5.41, 5.74) is 1.78. The lowest BCUT2D eigenvalue weighted by molar-refractivity contribution is 0.105. The first kappa shape index (κ1) is 12.3. The summed E-state index contributed by atoms with van der Waals surface area (Å²) in [7, 11) is 0. The number of halogens is 1. The molecule has 0 fully saturated rings. The van der Waals surface area contributed by atoms with E-state index in [-0.39, 0.29) is 6.61 Å². The molecular weight excluding hydrogens is 284 g/mol. The van der Waals surface area contributed by atoms with E-state index < -0.39 is 6.10 Å². The predicted molar refractivity (Wildman–Crippen MR) is 71.0 cm³/mol. The van der Waals surface area contributed by atoms with E-state index >= 15 is 0 Å². The van der Waals surface area contributed by atoms with Crippen LogP contribution in [-0.4, -0.2) is 34.5 Å². The topological polar surface area (TPSA) is 65.4 Å². The average molecular weight is 297 g/mol. The number of hydrogen-bond donors (Lipinski definition) is 3. The van der Waals surface area contributed by atoms with E-state index in [0.29, 0.717) is 6.54 Å². The smallest absolute Gasteiger partial charge is 0.0942 e. The average Bonchev–Trinajstić information content (AvgIpc) is 2.35. The summed E-state index contributed by atoms with van der Waals surface area (Å²) in [5.74, 6) is 0. The summed E-state index contributed by atoms with van der Waals surface area (Å²) in [5, 5.41) is 22.1. The van der Waals surface area contributed by atoms with Crippen molar-refractivity contribution in [3.63, 3.8) is 0 Å². The Morgan fingerprint density at radius 3 is 2.94 bits per heavy atom. The molecule has 0 amide bonds. The highest BCUT2D eigenvalue weighted by atomic mass is 79.9. The van der Waals surface area contributed by atoms with Crippen LogP contribution in [0.4, 0.5) is 5.69 Å². The summed E-state index contributed by atoms with van der Waals surface area (Å²) in [6.45, 7) is 0.0627. The zero-order valence-electron chi connectivity index (χ0n) is 9.10. The maximum atomic E-state index is 9.30. The quantitative estimate of drug-likeness (QED) is 0.804. The molecule has 2 rings (SSSR count). The van der Waals surface area contributed by atoms with Crippen LogP contribution in [0, 0.1) is 0 Å². The van der Waals surface area contributed by atoms with Gasteiger partial charge in [0.1, 0.15) is 0 Å². The third kappa shape index (κ3) is 2.94. The van der Waals surface area contributed by atoms with Crippen LogP contribution in [0.25, 0.3) is 10.9 Å². The number of hydrogen-bond acceptors (Lipinski definition) is 4. The Kier molecular flexibility index (Phi) is 3.93. The van der Waals surface area contributed by atoms with E-state index in [1.807, 2.05) is 24.3 Å². The van der Waals surface area contributed by atoms with E-state index in [0.717, 1.165) is 21.1 Å². The van der Waals surface area contributed by atoms with Gasteiger partial charge in [0.25, 0.3) is 0 Å². The number of nitrogens with one attached hydrogen (secondary N) is 1. The number of rotatable bonds is 4. The number of benzene rings is 1. The molecule has 0 saturated heterocycles. The van der Waals surface area contributed by atoms with Crippen molar-refractivity contribution >= 4 is 32.5 Å².